The lowest BCUT2D eigenvalue weighted by Crippen LogP contribution is -2.43. The number of carboxylic acid groups (broad SMARTS) is 2. The number of hydrogen-bond acceptors (Lipinski definition) is 6. The third-order valence-corrected chi connectivity index (χ3v) is 4.22. The van der Waals surface area contributed by atoms with E-state index in [1.807, 2.05) is 30.3 Å². The van der Waals surface area contributed by atoms with Crippen molar-refractivity contribution in [3.05, 3.63) is 71.8 Å². The van der Waals surface area contributed by atoms with Gasteiger partial charge in [-0.3, -0.25) is 14.4 Å². The summed E-state index contributed by atoms with van der Waals surface area (Å²) >= 11 is 0. The van der Waals surface area contributed by atoms with Crippen molar-refractivity contribution in [3.8, 4) is 0 Å². The minimum absolute atomic E-state index is 0. The summed E-state index contributed by atoms with van der Waals surface area (Å²) in [6, 6.07) is 16.5. The van der Waals surface area contributed by atoms with Crippen LogP contribution in [0.4, 0.5) is 0 Å². The Morgan fingerprint density at radius 2 is 1.29 bits per heavy atom. The number of benzene rings is 2. The standard InChI is InChI=1S/C11H13NO4.C11H15NO2.ClH/c12-9(11(15)16)8(10(13)14)6-7-4-2-1-3-5-7;1-2-14-11(13)10(12)8-9-6-4-3-5-7-9;/h1-5,8-9H,6,12H2,(H,13,14)(H,15,16);3-7,10H,2,8,12H2,1H3;1H/t8?,9-;10-;/m00./s1. The van der Waals surface area contributed by atoms with Crippen molar-refractivity contribution in [2.45, 2.75) is 31.8 Å². The van der Waals surface area contributed by atoms with E-state index >= 15 is 0 Å². The molecule has 0 bridgehead atoms. The minimum atomic E-state index is -1.39. The molecule has 0 aromatic heterocycles. The number of ether oxygens (including phenoxy) is 1. The second-order valence-corrected chi connectivity index (χ2v) is 6.55. The van der Waals surface area contributed by atoms with Crippen LogP contribution >= 0.6 is 12.4 Å². The minimum Gasteiger partial charge on any atom is -0.481 e. The van der Waals surface area contributed by atoms with Gasteiger partial charge in [-0.25, -0.2) is 0 Å². The topological polar surface area (TPSA) is 153 Å². The van der Waals surface area contributed by atoms with Gasteiger partial charge in [0.25, 0.3) is 0 Å². The molecule has 0 aliphatic carbocycles. The molecule has 6 N–H and O–H groups in total. The molecule has 1 unspecified atom stereocenters. The predicted octanol–water partition coefficient (Wildman–Crippen LogP) is 1.88. The van der Waals surface area contributed by atoms with Crippen molar-refractivity contribution in [1.82, 2.24) is 0 Å². The van der Waals surface area contributed by atoms with E-state index in [1.165, 1.54) is 0 Å². The van der Waals surface area contributed by atoms with Gasteiger partial charge in [-0.2, -0.15) is 0 Å². The van der Waals surface area contributed by atoms with E-state index in [-0.39, 0.29) is 24.8 Å². The second kappa shape index (κ2) is 15.0. The maximum Gasteiger partial charge on any atom is 0.323 e. The van der Waals surface area contributed by atoms with Crippen molar-refractivity contribution in [2.24, 2.45) is 17.4 Å². The quantitative estimate of drug-likeness (QED) is 0.420. The van der Waals surface area contributed by atoms with E-state index in [9.17, 15) is 14.4 Å². The molecule has 0 saturated heterocycles. The van der Waals surface area contributed by atoms with Crippen molar-refractivity contribution >= 4 is 30.3 Å². The first-order valence-corrected chi connectivity index (χ1v) is 9.47. The van der Waals surface area contributed by atoms with Crippen LogP contribution in [0.25, 0.3) is 0 Å². The van der Waals surface area contributed by atoms with Gasteiger partial charge in [0.2, 0.25) is 0 Å². The fourth-order valence-corrected chi connectivity index (χ4v) is 2.61. The smallest absolute Gasteiger partial charge is 0.323 e. The van der Waals surface area contributed by atoms with Crippen LogP contribution in [-0.2, 0) is 32.0 Å². The van der Waals surface area contributed by atoms with E-state index in [2.05, 4.69) is 0 Å². The Balaban J connectivity index is 0.000000567. The Hall–Kier alpha value is -2.94. The van der Waals surface area contributed by atoms with Crippen molar-refractivity contribution in [2.75, 3.05) is 6.61 Å². The maximum atomic E-state index is 11.2. The first kappa shape index (κ1) is 28.1. The van der Waals surface area contributed by atoms with E-state index < -0.39 is 29.9 Å². The SMILES string of the molecule is CCOC(=O)[C@@H](N)Cc1ccccc1.Cl.N[C@H](C(=O)O)C(Cc1ccccc1)C(=O)O. The van der Waals surface area contributed by atoms with Crippen LogP contribution in [0.3, 0.4) is 0 Å². The number of carboxylic acids is 2. The lowest BCUT2D eigenvalue weighted by Gasteiger charge is -2.16. The monoisotopic (exact) mass is 452 g/mol. The third-order valence-electron chi connectivity index (χ3n) is 4.22. The number of carbonyl (C=O) groups excluding carboxylic acids is 1. The Morgan fingerprint density at radius 3 is 1.68 bits per heavy atom. The van der Waals surface area contributed by atoms with Crippen LogP contribution in [-0.4, -0.2) is 46.8 Å². The van der Waals surface area contributed by atoms with Gasteiger partial charge in [-0.05, 0) is 30.9 Å². The molecule has 2 aromatic carbocycles. The molecule has 0 fully saturated rings. The lowest BCUT2D eigenvalue weighted by molar-refractivity contribution is -0.149. The number of esters is 1. The largest absolute Gasteiger partial charge is 0.481 e. The van der Waals surface area contributed by atoms with E-state index in [1.54, 1.807) is 37.3 Å². The summed E-state index contributed by atoms with van der Waals surface area (Å²) in [7, 11) is 0. The van der Waals surface area contributed by atoms with Crippen LogP contribution in [0.2, 0.25) is 0 Å². The zero-order valence-electron chi connectivity index (χ0n) is 17.2. The molecule has 0 aliphatic rings. The Morgan fingerprint density at radius 1 is 0.839 bits per heavy atom. The van der Waals surface area contributed by atoms with Crippen molar-refractivity contribution in [1.29, 1.82) is 0 Å². The summed E-state index contributed by atoms with van der Waals surface area (Å²) in [6.07, 6.45) is 0.642. The van der Waals surface area contributed by atoms with Gasteiger partial charge in [0.1, 0.15) is 12.1 Å². The summed E-state index contributed by atoms with van der Waals surface area (Å²) in [5, 5.41) is 17.6. The average Bonchev–Trinajstić information content (AvgIpc) is 2.73. The predicted molar refractivity (Wildman–Crippen MR) is 119 cm³/mol. The molecule has 0 aliphatic heterocycles. The zero-order valence-corrected chi connectivity index (χ0v) is 18.0. The molecule has 0 radical (unpaired) electrons. The van der Waals surface area contributed by atoms with Crippen LogP contribution in [0, 0.1) is 5.92 Å². The van der Waals surface area contributed by atoms with Crippen molar-refractivity contribution < 1.29 is 29.3 Å². The van der Waals surface area contributed by atoms with Crippen LogP contribution in [0.15, 0.2) is 60.7 Å². The molecule has 31 heavy (non-hydrogen) atoms. The van der Waals surface area contributed by atoms with E-state index in [4.69, 9.17) is 26.4 Å². The Kier molecular flexibility index (Phi) is 13.5. The highest BCUT2D eigenvalue weighted by molar-refractivity contribution is 5.85. The molecule has 8 nitrogen and oxygen atoms in total. The maximum absolute atomic E-state index is 11.2. The Labute approximate surface area is 187 Å². The van der Waals surface area contributed by atoms with Crippen molar-refractivity contribution in [3.63, 3.8) is 0 Å². The molecule has 0 amide bonds. The highest BCUT2D eigenvalue weighted by Gasteiger charge is 2.30. The highest BCUT2D eigenvalue weighted by Crippen LogP contribution is 2.12. The lowest BCUT2D eigenvalue weighted by atomic mass is 9.93. The molecular weight excluding hydrogens is 424 g/mol. The molecule has 0 heterocycles. The number of rotatable bonds is 9. The summed E-state index contributed by atoms with van der Waals surface area (Å²) in [5.74, 6) is -3.95. The molecule has 170 valence electrons. The first-order chi connectivity index (χ1) is 14.3. The number of nitrogens with two attached hydrogens (primary N) is 2. The number of carbonyl (C=O) groups is 3. The summed E-state index contributed by atoms with van der Waals surface area (Å²) in [4.78, 5) is 32.8. The van der Waals surface area contributed by atoms with Gasteiger partial charge in [0.05, 0.1) is 12.5 Å². The summed E-state index contributed by atoms with van der Waals surface area (Å²) in [6.45, 7) is 2.15. The summed E-state index contributed by atoms with van der Waals surface area (Å²) in [5.41, 5.74) is 12.8. The number of hydrogen-bond donors (Lipinski definition) is 4. The molecular formula is C22H29ClN2O6. The molecule has 2 aromatic rings. The van der Waals surface area contributed by atoms with E-state index in [0.29, 0.717) is 13.0 Å². The van der Waals surface area contributed by atoms with Gasteiger partial charge < -0.3 is 26.4 Å². The molecule has 9 heteroatoms. The van der Waals surface area contributed by atoms with Gasteiger partial charge in [0, 0.05) is 0 Å². The fraction of sp³-hybridized carbons (Fsp3) is 0.318. The van der Waals surface area contributed by atoms with Crippen LogP contribution in [0.5, 0.6) is 0 Å². The molecule has 0 saturated carbocycles. The number of halogens is 1. The number of aliphatic carboxylic acids is 2. The molecule has 0 spiro atoms. The van der Waals surface area contributed by atoms with Gasteiger partial charge in [-0.15, -0.1) is 12.4 Å². The summed E-state index contributed by atoms with van der Waals surface area (Å²) < 4.78 is 4.81. The van der Waals surface area contributed by atoms with Gasteiger partial charge >= 0.3 is 17.9 Å². The average molecular weight is 453 g/mol. The first-order valence-electron chi connectivity index (χ1n) is 9.47. The van der Waals surface area contributed by atoms with Gasteiger partial charge in [-0.1, -0.05) is 60.7 Å². The molecule has 3 atom stereocenters. The van der Waals surface area contributed by atoms with E-state index in [0.717, 1.165) is 11.1 Å². The van der Waals surface area contributed by atoms with Crippen LogP contribution in [0.1, 0.15) is 18.1 Å². The second-order valence-electron chi connectivity index (χ2n) is 6.55. The molecule has 2 rings (SSSR count). The zero-order chi connectivity index (χ0) is 22.5. The third kappa shape index (κ3) is 10.6. The van der Waals surface area contributed by atoms with Gasteiger partial charge in [0.15, 0.2) is 0 Å². The Bertz CT molecular complexity index is 804. The normalized spacial score (nSPS) is 12.7. The highest BCUT2D eigenvalue weighted by atomic mass is 35.5. The fourth-order valence-electron chi connectivity index (χ4n) is 2.61. The van der Waals surface area contributed by atoms with Crippen LogP contribution < -0.4 is 11.5 Å².